The first-order chi connectivity index (χ1) is 17.2. The van der Waals surface area contributed by atoms with Crippen LogP contribution in [0.5, 0.6) is 5.75 Å². The van der Waals surface area contributed by atoms with E-state index in [9.17, 15) is 13.2 Å². The van der Waals surface area contributed by atoms with Crippen LogP contribution in [0.3, 0.4) is 0 Å². The highest BCUT2D eigenvalue weighted by molar-refractivity contribution is 5.86. The number of fused-ring (bicyclic) bond motifs is 2. The number of methoxy groups -OCH3 is 1. The number of nitrogens with two attached hydrogens (primary N) is 1. The number of alkyl halides is 3. The summed E-state index contributed by atoms with van der Waals surface area (Å²) >= 11 is 0. The highest BCUT2D eigenvalue weighted by atomic mass is 19.4. The zero-order valence-electron chi connectivity index (χ0n) is 19.9. The molecule has 4 aromatic rings. The van der Waals surface area contributed by atoms with Crippen molar-refractivity contribution in [2.24, 2.45) is 5.73 Å². The van der Waals surface area contributed by atoms with E-state index in [-0.39, 0.29) is 30.8 Å². The lowest BCUT2D eigenvalue weighted by molar-refractivity contribution is -0.183. The molecule has 0 amide bonds. The summed E-state index contributed by atoms with van der Waals surface area (Å²) in [5, 5.41) is 9.25. The molecule has 0 spiro atoms. The number of ether oxygens (including phenoxy) is 2. The number of benzene rings is 1. The van der Waals surface area contributed by atoms with Gasteiger partial charge < -0.3 is 15.2 Å². The Morgan fingerprint density at radius 2 is 1.97 bits per heavy atom. The number of pyridine rings is 2. The number of hydrogen-bond acceptors (Lipinski definition) is 7. The van der Waals surface area contributed by atoms with E-state index >= 15 is 0 Å². The fraction of sp³-hybridized carbons (Fsp3) is 0.400. The van der Waals surface area contributed by atoms with Crippen molar-refractivity contribution in [3.8, 4) is 17.3 Å². The van der Waals surface area contributed by atoms with Gasteiger partial charge in [0.25, 0.3) is 0 Å². The smallest absolute Gasteiger partial charge is 0.408 e. The molecule has 1 aliphatic heterocycles. The number of nitrogens with zero attached hydrogens (tertiary/aromatic N) is 5. The average Bonchev–Trinajstić information content (AvgIpc) is 3.44. The molecule has 0 bridgehead atoms. The number of rotatable bonds is 7. The molecule has 8 nitrogen and oxygen atoms in total. The van der Waals surface area contributed by atoms with E-state index in [2.05, 4.69) is 10.2 Å². The zero-order chi connectivity index (χ0) is 25.4. The van der Waals surface area contributed by atoms with Crippen LogP contribution < -0.4 is 10.5 Å². The summed E-state index contributed by atoms with van der Waals surface area (Å²) in [5.41, 5.74) is 7.51. The normalized spacial score (nSPS) is 18.7. The van der Waals surface area contributed by atoms with Crippen molar-refractivity contribution in [1.29, 1.82) is 0 Å². The minimum atomic E-state index is -4.46. The first-order valence-electron chi connectivity index (χ1n) is 11.7. The summed E-state index contributed by atoms with van der Waals surface area (Å²) in [6, 6.07) is 10.2. The Kier molecular flexibility index (Phi) is 6.54. The van der Waals surface area contributed by atoms with Gasteiger partial charge in [-0.1, -0.05) is 24.3 Å². The SMILES string of the molecule is COCC(C)Oc1cccc2ccc(-c3nnc4ccc(C(N5CCC(N)C5)C(F)(F)F)cn34)nc12. The van der Waals surface area contributed by atoms with Gasteiger partial charge in [-0.2, -0.15) is 13.2 Å². The van der Waals surface area contributed by atoms with Crippen molar-refractivity contribution < 1.29 is 22.6 Å². The van der Waals surface area contributed by atoms with E-state index in [4.69, 9.17) is 20.2 Å². The fourth-order valence-electron chi connectivity index (χ4n) is 4.73. The molecule has 3 unspecified atom stereocenters. The van der Waals surface area contributed by atoms with Crippen LogP contribution in [-0.4, -0.2) is 69.6 Å². The largest absolute Gasteiger partial charge is 0.486 e. The van der Waals surface area contributed by atoms with Gasteiger partial charge in [0, 0.05) is 37.8 Å². The summed E-state index contributed by atoms with van der Waals surface area (Å²) in [5.74, 6) is 0.920. The Hall–Kier alpha value is -3.28. The minimum Gasteiger partial charge on any atom is -0.486 e. The maximum atomic E-state index is 14.2. The van der Waals surface area contributed by atoms with E-state index in [0.29, 0.717) is 41.5 Å². The maximum absolute atomic E-state index is 14.2. The van der Waals surface area contributed by atoms with E-state index < -0.39 is 12.2 Å². The van der Waals surface area contributed by atoms with Gasteiger partial charge in [-0.3, -0.25) is 9.30 Å². The van der Waals surface area contributed by atoms with Crippen molar-refractivity contribution in [3.05, 3.63) is 54.2 Å². The highest BCUT2D eigenvalue weighted by Gasteiger charge is 2.46. The van der Waals surface area contributed by atoms with Gasteiger partial charge in [0.1, 0.15) is 29.1 Å². The van der Waals surface area contributed by atoms with Gasteiger partial charge in [0.2, 0.25) is 0 Å². The number of halogens is 3. The van der Waals surface area contributed by atoms with Crippen molar-refractivity contribution in [2.45, 2.75) is 37.7 Å². The second-order valence-electron chi connectivity index (χ2n) is 9.11. The molecular weight excluding hydrogens is 473 g/mol. The Balaban J connectivity index is 1.57. The van der Waals surface area contributed by atoms with E-state index in [1.807, 2.05) is 31.2 Å². The van der Waals surface area contributed by atoms with Crippen LogP contribution in [0, 0.1) is 0 Å². The lowest BCUT2D eigenvalue weighted by Crippen LogP contribution is -2.38. The van der Waals surface area contributed by atoms with Crippen molar-refractivity contribution in [2.75, 3.05) is 26.8 Å². The first-order valence-corrected chi connectivity index (χ1v) is 11.7. The predicted molar refractivity (Wildman–Crippen MR) is 129 cm³/mol. The molecule has 1 fully saturated rings. The van der Waals surface area contributed by atoms with Gasteiger partial charge in [0.05, 0.1) is 6.61 Å². The molecule has 1 saturated heterocycles. The van der Waals surface area contributed by atoms with Crippen LogP contribution in [0.2, 0.25) is 0 Å². The number of aromatic nitrogens is 4. The Morgan fingerprint density at radius 1 is 1.14 bits per heavy atom. The monoisotopic (exact) mass is 500 g/mol. The lowest BCUT2D eigenvalue weighted by Gasteiger charge is -2.30. The Bertz CT molecular complexity index is 1380. The number of hydrogen-bond donors (Lipinski definition) is 1. The highest BCUT2D eigenvalue weighted by Crippen LogP contribution is 2.39. The van der Waals surface area contributed by atoms with E-state index in [1.165, 1.54) is 17.2 Å². The van der Waals surface area contributed by atoms with Crippen LogP contribution in [-0.2, 0) is 4.74 Å². The molecule has 0 radical (unpaired) electrons. The third-order valence-corrected chi connectivity index (χ3v) is 6.31. The summed E-state index contributed by atoms with van der Waals surface area (Å²) < 4.78 is 55.2. The standard InChI is InChI=1S/C25H27F3N6O2/c1-15(14-35-2)36-20-5-3-4-16-6-8-19(30-22(16)20)24-32-31-21-9-7-17(12-34(21)24)23(25(26,27)28)33-11-10-18(29)13-33/h3-9,12,15,18,23H,10-11,13-14,29H2,1-2H3. The molecule has 0 saturated carbocycles. The molecule has 11 heteroatoms. The Labute approximate surface area is 205 Å². The number of para-hydroxylation sites is 1. The predicted octanol–water partition coefficient (Wildman–Crippen LogP) is 3.99. The average molecular weight is 501 g/mol. The molecular formula is C25H27F3N6O2. The number of likely N-dealkylation sites (tertiary alicyclic amines) is 1. The topological polar surface area (TPSA) is 90.8 Å². The minimum absolute atomic E-state index is 0.100. The van der Waals surface area contributed by atoms with Gasteiger partial charge in [-0.05, 0) is 37.1 Å². The zero-order valence-corrected chi connectivity index (χ0v) is 19.9. The first kappa shape index (κ1) is 24.4. The van der Waals surface area contributed by atoms with Gasteiger partial charge in [0.15, 0.2) is 11.5 Å². The van der Waals surface area contributed by atoms with E-state index in [0.717, 1.165) is 5.39 Å². The molecule has 190 valence electrons. The molecule has 36 heavy (non-hydrogen) atoms. The lowest BCUT2D eigenvalue weighted by atomic mass is 10.1. The molecule has 1 aromatic carbocycles. The quantitative estimate of drug-likeness (QED) is 0.410. The molecule has 4 heterocycles. The van der Waals surface area contributed by atoms with Crippen LogP contribution in [0.1, 0.15) is 24.9 Å². The molecule has 5 rings (SSSR count). The second-order valence-corrected chi connectivity index (χ2v) is 9.11. The van der Waals surface area contributed by atoms with Gasteiger partial charge in [-0.15, -0.1) is 10.2 Å². The van der Waals surface area contributed by atoms with Crippen LogP contribution in [0.15, 0.2) is 48.7 Å². The van der Waals surface area contributed by atoms with Crippen LogP contribution >= 0.6 is 0 Å². The van der Waals surface area contributed by atoms with Gasteiger partial charge >= 0.3 is 6.18 Å². The maximum Gasteiger partial charge on any atom is 0.408 e. The van der Waals surface area contributed by atoms with Crippen molar-refractivity contribution in [1.82, 2.24) is 24.5 Å². The second kappa shape index (κ2) is 9.64. The molecule has 2 N–H and O–H groups in total. The third-order valence-electron chi connectivity index (χ3n) is 6.31. The summed E-state index contributed by atoms with van der Waals surface area (Å²) in [6.45, 7) is 2.78. The fourth-order valence-corrected chi connectivity index (χ4v) is 4.73. The molecule has 0 aliphatic carbocycles. The van der Waals surface area contributed by atoms with Crippen molar-refractivity contribution in [3.63, 3.8) is 0 Å². The summed E-state index contributed by atoms with van der Waals surface area (Å²) in [7, 11) is 1.60. The van der Waals surface area contributed by atoms with Gasteiger partial charge in [-0.25, -0.2) is 4.98 Å². The van der Waals surface area contributed by atoms with E-state index in [1.54, 1.807) is 23.6 Å². The summed E-state index contributed by atoms with van der Waals surface area (Å²) in [4.78, 5) is 6.14. The third kappa shape index (κ3) is 4.73. The Morgan fingerprint density at radius 3 is 2.69 bits per heavy atom. The molecule has 3 aromatic heterocycles. The molecule has 3 atom stereocenters. The van der Waals surface area contributed by atoms with Crippen LogP contribution in [0.4, 0.5) is 13.2 Å². The van der Waals surface area contributed by atoms with Crippen LogP contribution in [0.25, 0.3) is 28.1 Å². The summed E-state index contributed by atoms with van der Waals surface area (Å²) in [6.07, 6.45) is -2.68. The van der Waals surface area contributed by atoms with Crippen molar-refractivity contribution >= 4 is 16.6 Å². The molecule has 1 aliphatic rings.